The summed E-state index contributed by atoms with van der Waals surface area (Å²) in [6, 6.07) is 6.73. The summed E-state index contributed by atoms with van der Waals surface area (Å²) in [6.07, 6.45) is 0.413. The summed E-state index contributed by atoms with van der Waals surface area (Å²) in [5.41, 5.74) is 0.0486. The SMILES string of the molecule is CCCC1(C)NC(=O)N(CC(O)COCc2ccc(Cl)cc2)C1=O. The number of imide groups is 1. The number of rotatable bonds is 8. The van der Waals surface area contributed by atoms with Crippen LogP contribution in [0.15, 0.2) is 24.3 Å². The second kappa shape index (κ2) is 7.96. The van der Waals surface area contributed by atoms with Crippen molar-refractivity contribution < 1.29 is 19.4 Å². The Morgan fingerprint density at radius 1 is 1.33 bits per heavy atom. The Morgan fingerprint density at radius 3 is 2.62 bits per heavy atom. The Morgan fingerprint density at radius 2 is 2.00 bits per heavy atom. The third-order valence-corrected chi connectivity index (χ3v) is 4.23. The molecule has 2 N–H and O–H groups in total. The van der Waals surface area contributed by atoms with Crippen LogP contribution in [-0.4, -0.2) is 46.7 Å². The zero-order chi connectivity index (χ0) is 17.7. The molecule has 3 amide bonds. The Hall–Kier alpha value is -1.63. The first-order valence-electron chi connectivity index (χ1n) is 8.00. The molecule has 7 heteroatoms. The molecule has 1 aromatic rings. The monoisotopic (exact) mass is 354 g/mol. The quantitative estimate of drug-likeness (QED) is 0.702. The highest BCUT2D eigenvalue weighted by molar-refractivity contribution is 6.30. The largest absolute Gasteiger partial charge is 0.389 e. The van der Waals surface area contributed by atoms with Crippen molar-refractivity contribution in [3.63, 3.8) is 0 Å². The van der Waals surface area contributed by atoms with E-state index < -0.39 is 17.7 Å². The second-order valence-electron chi connectivity index (χ2n) is 6.22. The number of carbonyl (C=O) groups is 2. The van der Waals surface area contributed by atoms with E-state index in [0.29, 0.717) is 18.1 Å². The first-order valence-corrected chi connectivity index (χ1v) is 8.38. The van der Waals surface area contributed by atoms with Gasteiger partial charge in [-0.15, -0.1) is 0 Å². The van der Waals surface area contributed by atoms with E-state index in [9.17, 15) is 14.7 Å². The van der Waals surface area contributed by atoms with Crippen LogP contribution in [0.2, 0.25) is 5.02 Å². The molecule has 1 saturated heterocycles. The Bertz CT molecular complexity index is 593. The normalized spacial score (nSPS) is 21.9. The van der Waals surface area contributed by atoms with Gasteiger partial charge in [-0.1, -0.05) is 37.1 Å². The van der Waals surface area contributed by atoms with Crippen LogP contribution in [-0.2, 0) is 16.1 Å². The number of amides is 3. The summed E-state index contributed by atoms with van der Waals surface area (Å²) in [4.78, 5) is 25.4. The van der Waals surface area contributed by atoms with E-state index in [1.807, 2.05) is 19.1 Å². The molecule has 2 atom stereocenters. The number of urea groups is 1. The molecule has 2 rings (SSSR count). The maximum atomic E-state index is 12.4. The maximum Gasteiger partial charge on any atom is 0.325 e. The van der Waals surface area contributed by atoms with E-state index in [2.05, 4.69) is 5.32 Å². The fourth-order valence-corrected chi connectivity index (χ4v) is 2.87. The van der Waals surface area contributed by atoms with Crippen LogP contribution in [0.25, 0.3) is 0 Å². The van der Waals surface area contributed by atoms with Crippen LogP contribution < -0.4 is 5.32 Å². The molecule has 1 fully saturated rings. The number of aliphatic hydroxyl groups is 1. The highest BCUT2D eigenvalue weighted by atomic mass is 35.5. The topological polar surface area (TPSA) is 78.9 Å². The molecule has 1 heterocycles. The van der Waals surface area contributed by atoms with Crippen LogP contribution in [0.4, 0.5) is 4.79 Å². The van der Waals surface area contributed by atoms with E-state index >= 15 is 0 Å². The average molecular weight is 355 g/mol. The molecular weight excluding hydrogens is 332 g/mol. The number of β-amino-alcohol motifs (C(OH)–C–C–N with tert-alkyl or cyclic N) is 1. The standard InChI is InChI=1S/C17H23ClN2O4/c1-3-8-17(2)15(22)20(16(23)19-17)9-14(21)11-24-10-12-4-6-13(18)7-5-12/h4-7,14,21H,3,8-11H2,1-2H3,(H,19,23). The van der Waals surface area contributed by atoms with Gasteiger partial charge in [0, 0.05) is 5.02 Å². The summed E-state index contributed by atoms with van der Waals surface area (Å²) >= 11 is 5.81. The molecule has 1 aliphatic heterocycles. The third-order valence-electron chi connectivity index (χ3n) is 3.98. The maximum absolute atomic E-state index is 12.4. The van der Waals surface area contributed by atoms with Crippen molar-refractivity contribution in [3.05, 3.63) is 34.9 Å². The molecular formula is C17H23ClN2O4. The second-order valence-corrected chi connectivity index (χ2v) is 6.66. The van der Waals surface area contributed by atoms with Crippen molar-refractivity contribution >= 4 is 23.5 Å². The summed E-state index contributed by atoms with van der Waals surface area (Å²) in [5, 5.41) is 13.4. The Kier molecular flexibility index (Phi) is 6.21. The van der Waals surface area contributed by atoms with Crippen LogP contribution in [0.1, 0.15) is 32.3 Å². The molecule has 2 unspecified atom stereocenters. The molecule has 0 saturated carbocycles. The molecule has 1 aliphatic rings. The predicted molar refractivity (Wildman–Crippen MR) is 90.7 cm³/mol. The number of aliphatic hydroxyl groups excluding tert-OH is 1. The van der Waals surface area contributed by atoms with Gasteiger partial charge in [-0.05, 0) is 31.0 Å². The molecule has 0 aliphatic carbocycles. The fraction of sp³-hybridized carbons (Fsp3) is 0.529. The third kappa shape index (κ3) is 4.47. The number of nitrogens with zero attached hydrogens (tertiary/aromatic N) is 1. The van der Waals surface area contributed by atoms with E-state index in [1.165, 1.54) is 0 Å². The number of halogens is 1. The van der Waals surface area contributed by atoms with E-state index in [1.54, 1.807) is 19.1 Å². The van der Waals surface area contributed by atoms with E-state index in [4.69, 9.17) is 16.3 Å². The summed E-state index contributed by atoms with van der Waals surface area (Å²) in [7, 11) is 0. The van der Waals surface area contributed by atoms with Crippen LogP contribution in [0.5, 0.6) is 0 Å². The summed E-state index contributed by atoms with van der Waals surface area (Å²) in [6.45, 7) is 3.93. The van der Waals surface area contributed by atoms with Gasteiger partial charge >= 0.3 is 6.03 Å². The van der Waals surface area contributed by atoms with Gasteiger partial charge in [-0.25, -0.2) is 4.79 Å². The van der Waals surface area contributed by atoms with Crippen molar-refractivity contribution in [2.45, 2.75) is 44.9 Å². The number of hydrogen-bond donors (Lipinski definition) is 2. The molecule has 0 radical (unpaired) electrons. The van der Waals surface area contributed by atoms with Gasteiger partial charge in [0.05, 0.1) is 25.9 Å². The van der Waals surface area contributed by atoms with Crippen molar-refractivity contribution in [2.24, 2.45) is 0 Å². The Labute approximate surface area is 146 Å². The minimum absolute atomic E-state index is 0.0319. The lowest BCUT2D eigenvalue weighted by atomic mass is 9.96. The van der Waals surface area contributed by atoms with Crippen molar-refractivity contribution in [1.29, 1.82) is 0 Å². The van der Waals surface area contributed by atoms with Crippen LogP contribution in [0.3, 0.4) is 0 Å². The zero-order valence-electron chi connectivity index (χ0n) is 13.9. The van der Waals surface area contributed by atoms with Gasteiger partial charge in [0.2, 0.25) is 0 Å². The number of ether oxygens (including phenoxy) is 1. The molecule has 6 nitrogen and oxygen atoms in total. The van der Waals surface area contributed by atoms with Crippen LogP contribution in [0, 0.1) is 0 Å². The fourth-order valence-electron chi connectivity index (χ4n) is 2.74. The lowest BCUT2D eigenvalue weighted by Crippen LogP contribution is -2.44. The number of nitrogens with one attached hydrogen (secondary N) is 1. The molecule has 0 aromatic heterocycles. The Balaban J connectivity index is 1.81. The molecule has 0 spiro atoms. The molecule has 1 aromatic carbocycles. The van der Waals surface area contributed by atoms with Gasteiger partial charge in [-0.2, -0.15) is 0 Å². The van der Waals surface area contributed by atoms with E-state index in [0.717, 1.165) is 16.9 Å². The van der Waals surface area contributed by atoms with Gasteiger partial charge in [0.25, 0.3) is 5.91 Å². The number of carbonyl (C=O) groups excluding carboxylic acids is 2. The highest BCUT2D eigenvalue weighted by Gasteiger charge is 2.47. The van der Waals surface area contributed by atoms with E-state index in [-0.39, 0.29) is 19.1 Å². The zero-order valence-corrected chi connectivity index (χ0v) is 14.7. The highest BCUT2D eigenvalue weighted by Crippen LogP contribution is 2.22. The van der Waals surface area contributed by atoms with Crippen LogP contribution >= 0.6 is 11.6 Å². The average Bonchev–Trinajstić information content (AvgIpc) is 2.73. The lowest BCUT2D eigenvalue weighted by molar-refractivity contribution is -0.132. The smallest absolute Gasteiger partial charge is 0.325 e. The molecule has 24 heavy (non-hydrogen) atoms. The first kappa shape index (κ1) is 18.7. The van der Waals surface area contributed by atoms with Gasteiger partial charge < -0.3 is 15.2 Å². The minimum Gasteiger partial charge on any atom is -0.389 e. The van der Waals surface area contributed by atoms with Crippen molar-refractivity contribution in [2.75, 3.05) is 13.2 Å². The van der Waals surface area contributed by atoms with Gasteiger partial charge in [-0.3, -0.25) is 9.69 Å². The van der Waals surface area contributed by atoms with Crippen molar-refractivity contribution in [1.82, 2.24) is 10.2 Å². The van der Waals surface area contributed by atoms with Crippen molar-refractivity contribution in [3.8, 4) is 0 Å². The summed E-state index contributed by atoms with van der Waals surface area (Å²) < 4.78 is 5.44. The summed E-state index contributed by atoms with van der Waals surface area (Å²) in [5.74, 6) is -0.300. The predicted octanol–water partition coefficient (Wildman–Crippen LogP) is 2.33. The molecule has 132 valence electrons. The number of hydrogen-bond acceptors (Lipinski definition) is 4. The van der Waals surface area contributed by atoms with Gasteiger partial charge in [0.15, 0.2) is 0 Å². The first-order chi connectivity index (χ1) is 11.4. The molecule has 0 bridgehead atoms. The van der Waals surface area contributed by atoms with Gasteiger partial charge in [0.1, 0.15) is 5.54 Å². The minimum atomic E-state index is -0.934. The number of benzene rings is 1. The lowest BCUT2D eigenvalue weighted by Gasteiger charge is -2.22.